The van der Waals surface area contributed by atoms with Gasteiger partial charge in [0.2, 0.25) is 5.89 Å². The van der Waals surface area contributed by atoms with Gasteiger partial charge in [0.05, 0.1) is 9.82 Å². The molecule has 0 spiro atoms. The van der Waals surface area contributed by atoms with Gasteiger partial charge >= 0.3 is 0 Å². The molecule has 148 valence electrons. The molecule has 0 bridgehead atoms. The predicted octanol–water partition coefficient (Wildman–Crippen LogP) is 5.17. The van der Waals surface area contributed by atoms with E-state index in [1.807, 2.05) is 0 Å². The van der Waals surface area contributed by atoms with Crippen LogP contribution in [0.5, 0.6) is 0 Å². The third-order valence-electron chi connectivity index (χ3n) is 4.15. The maximum absolute atomic E-state index is 13.1. The Morgan fingerprint density at radius 2 is 1.70 bits per heavy atom. The second-order valence-corrected chi connectivity index (χ2v) is 7.11. The van der Waals surface area contributed by atoms with E-state index in [0.29, 0.717) is 11.1 Å². The first-order valence-electron chi connectivity index (χ1n) is 8.67. The predicted molar refractivity (Wildman–Crippen MR) is 107 cm³/mol. The largest absolute Gasteiger partial charge is 0.411 e. The number of carbonyl (C=O) groups is 1. The van der Waals surface area contributed by atoms with E-state index >= 15 is 0 Å². The van der Waals surface area contributed by atoms with Crippen LogP contribution in [0.4, 0.5) is 10.1 Å². The van der Waals surface area contributed by atoms with Gasteiger partial charge in [-0.25, -0.2) is 4.39 Å². The van der Waals surface area contributed by atoms with E-state index < -0.39 is 10.7 Å². The number of nitrogens with zero attached hydrogens (tertiary/aromatic N) is 3. The van der Waals surface area contributed by atoms with Crippen molar-refractivity contribution in [1.29, 1.82) is 0 Å². The van der Waals surface area contributed by atoms with Crippen molar-refractivity contribution in [2.45, 2.75) is 10.1 Å². The number of ketones is 1. The average Bonchev–Trinajstić information content (AvgIpc) is 3.23. The minimum Gasteiger partial charge on any atom is -0.411 e. The standard InChI is InChI=1S/C21H12FN3O4S/c22-16-9-6-14(7-10-16)20-23-24-21(29-20)30-18-11-8-15(12-17(18)25(27)28)19(26)13-4-2-1-3-5-13/h1-12H. The molecular weight excluding hydrogens is 409 g/mol. The number of hydrogen-bond donors (Lipinski definition) is 0. The fraction of sp³-hybridized carbons (Fsp3) is 0. The molecular formula is C21H12FN3O4S. The van der Waals surface area contributed by atoms with Crippen molar-refractivity contribution in [2.75, 3.05) is 0 Å². The number of nitro benzene ring substituents is 1. The average molecular weight is 421 g/mol. The molecule has 0 amide bonds. The fourth-order valence-electron chi connectivity index (χ4n) is 2.70. The van der Waals surface area contributed by atoms with Gasteiger partial charge in [-0.2, -0.15) is 0 Å². The zero-order chi connectivity index (χ0) is 21.1. The molecule has 4 rings (SSSR count). The molecule has 1 aromatic heterocycles. The first kappa shape index (κ1) is 19.5. The van der Waals surface area contributed by atoms with Crippen molar-refractivity contribution in [3.8, 4) is 11.5 Å². The lowest BCUT2D eigenvalue weighted by molar-refractivity contribution is -0.387. The van der Waals surface area contributed by atoms with Gasteiger partial charge in [-0.05, 0) is 48.2 Å². The van der Waals surface area contributed by atoms with E-state index in [0.717, 1.165) is 11.8 Å². The lowest BCUT2D eigenvalue weighted by Crippen LogP contribution is -2.02. The number of carbonyl (C=O) groups excluding carboxylic acids is 1. The van der Waals surface area contributed by atoms with Gasteiger partial charge in [0.25, 0.3) is 10.9 Å². The maximum atomic E-state index is 13.1. The van der Waals surface area contributed by atoms with Gasteiger partial charge in [-0.15, -0.1) is 10.2 Å². The van der Waals surface area contributed by atoms with Crippen LogP contribution >= 0.6 is 11.8 Å². The molecule has 0 saturated carbocycles. The molecule has 0 N–H and O–H groups in total. The molecule has 0 unspecified atom stereocenters. The van der Waals surface area contributed by atoms with Crippen molar-refractivity contribution in [3.05, 3.63) is 99.9 Å². The number of benzene rings is 3. The zero-order valence-electron chi connectivity index (χ0n) is 15.2. The number of nitro groups is 1. The summed E-state index contributed by atoms with van der Waals surface area (Å²) in [4.78, 5) is 23.8. The topological polar surface area (TPSA) is 99.1 Å². The van der Waals surface area contributed by atoms with Gasteiger partial charge in [-0.3, -0.25) is 14.9 Å². The normalized spacial score (nSPS) is 10.7. The van der Waals surface area contributed by atoms with Crippen LogP contribution in [0, 0.1) is 15.9 Å². The summed E-state index contributed by atoms with van der Waals surface area (Å²) in [6.45, 7) is 0. The Bertz CT molecular complexity index is 1230. The van der Waals surface area contributed by atoms with Gasteiger partial charge in [0.1, 0.15) is 5.82 Å². The van der Waals surface area contributed by atoms with E-state index in [-0.39, 0.29) is 33.0 Å². The van der Waals surface area contributed by atoms with Crippen molar-refractivity contribution in [2.24, 2.45) is 0 Å². The molecule has 4 aromatic rings. The minimum absolute atomic E-state index is 0.0829. The summed E-state index contributed by atoms with van der Waals surface area (Å²) < 4.78 is 18.6. The van der Waals surface area contributed by atoms with Crippen LogP contribution in [0.2, 0.25) is 0 Å². The molecule has 7 nitrogen and oxygen atoms in total. The molecule has 0 aliphatic heterocycles. The maximum Gasteiger partial charge on any atom is 0.284 e. The van der Waals surface area contributed by atoms with E-state index in [1.165, 1.54) is 42.5 Å². The Labute approximate surface area is 173 Å². The number of aromatic nitrogens is 2. The summed E-state index contributed by atoms with van der Waals surface area (Å²) >= 11 is 0.910. The highest BCUT2D eigenvalue weighted by atomic mass is 32.2. The van der Waals surface area contributed by atoms with E-state index in [9.17, 15) is 19.3 Å². The zero-order valence-corrected chi connectivity index (χ0v) is 16.0. The Morgan fingerprint density at radius 3 is 2.40 bits per heavy atom. The van der Waals surface area contributed by atoms with Gasteiger partial charge in [0, 0.05) is 22.8 Å². The second kappa shape index (κ2) is 8.26. The van der Waals surface area contributed by atoms with E-state index in [2.05, 4.69) is 10.2 Å². The number of hydrogen-bond acceptors (Lipinski definition) is 7. The third-order valence-corrected chi connectivity index (χ3v) is 5.05. The Hall–Kier alpha value is -3.85. The van der Waals surface area contributed by atoms with Crippen molar-refractivity contribution < 1.29 is 18.5 Å². The van der Waals surface area contributed by atoms with Crippen LogP contribution in [0.1, 0.15) is 15.9 Å². The molecule has 0 aliphatic rings. The monoisotopic (exact) mass is 421 g/mol. The first-order chi connectivity index (χ1) is 14.5. The number of halogens is 1. The van der Waals surface area contributed by atoms with E-state index in [4.69, 9.17) is 4.42 Å². The molecule has 0 aliphatic carbocycles. The summed E-state index contributed by atoms with van der Waals surface area (Å²) in [5, 5.41) is 19.4. The number of rotatable bonds is 6. The summed E-state index contributed by atoms with van der Waals surface area (Å²) in [6, 6.07) is 18.2. The highest BCUT2D eigenvalue weighted by Crippen LogP contribution is 2.36. The molecule has 0 saturated heterocycles. The third kappa shape index (κ3) is 4.11. The lowest BCUT2D eigenvalue weighted by Gasteiger charge is -2.04. The first-order valence-corrected chi connectivity index (χ1v) is 9.48. The quantitative estimate of drug-likeness (QED) is 0.241. The Kier molecular flexibility index (Phi) is 5.36. The second-order valence-electron chi connectivity index (χ2n) is 6.12. The smallest absolute Gasteiger partial charge is 0.284 e. The highest BCUT2D eigenvalue weighted by molar-refractivity contribution is 7.99. The van der Waals surface area contributed by atoms with Crippen LogP contribution < -0.4 is 0 Å². The van der Waals surface area contributed by atoms with Crippen molar-refractivity contribution in [1.82, 2.24) is 10.2 Å². The van der Waals surface area contributed by atoms with Crippen LogP contribution in [0.15, 0.2) is 87.3 Å². The van der Waals surface area contributed by atoms with Gasteiger partial charge in [-0.1, -0.05) is 30.3 Å². The molecule has 3 aromatic carbocycles. The lowest BCUT2D eigenvalue weighted by atomic mass is 10.0. The molecule has 0 atom stereocenters. The van der Waals surface area contributed by atoms with Crippen molar-refractivity contribution >= 4 is 23.2 Å². The van der Waals surface area contributed by atoms with Crippen molar-refractivity contribution in [3.63, 3.8) is 0 Å². The minimum atomic E-state index is -0.568. The summed E-state index contributed by atoms with van der Waals surface area (Å²) in [6.07, 6.45) is 0. The Morgan fingerprint density at radius 1 is 0.967 bits per heavy atom. The fourth-order valence-corrected chi connectivity index (χ4v) is 3.46. The van der Waals surface area contributed by atoms with Crippen LogP contribution in [-0.4, -0.2) is 20.9 Å². The van der Waals surface area contributed by atoms with Crippen LogP contribution in [0.25, 0.3) is 11.5 Å². The highest BCUT2D eigenvalue weighted by Gasteiger charge is 2.21. The van der Waals surface area contributed by atoms with Gasteiger partial charge < -0.3 is 4.42 Å². The van der Waals surface area contributed by atoms with Gasteiger partial charge in [0.15, 0.2) is 5.78 Å². The summed E-state index contributed by atoms with van der Waals surface area (Å²) in [5.74, 6) is -0.545. The molecule has 0 radical (unpaired) electrons. The molecule has 1 heterocycles. The van der Waals surface area contributed by atoms with E-state index in [1.54, 1.807) is 30.3 Å². The van der Waals surface area contributed by atoms with Crippen LogP contribution in [-0.2, 0) is 0 Å². The summed E-state index contributed by atoms with van der Waals surface area (Å²) in [5.41, 5.74) is 0.917. The molecule has 9 heteroatoms. The summed E-state index contributed by atoms with van der Waals surface area (Å²) in [7, 11) is 0. The van der Waals surface area contributed by atoms with Crippen LogP contribution in [0.3, 0.4) is 0 Å². The SMILES string of the molecule is O=C(c1ccccc1)c1ccc(Sc2nnc(-c3ccc(F)cc3)o2)c([N+](=O)[O-])c1. The molecule has 30 heavy (non-hydrogen) atoms. The Balaban J connectivity index is 1.61. The molecule has 0 fully saturated rings.